The zero-order chi connectivity index (χ0) is 7.84. The SMILES string of the molecule is CC1CC2CNC(CO)C2C1. The van der Waals surface area contributed by atoms with Crippen molar-refractivity contribution in [2.45, 2.75) is 25.8 Å². The third-order valence-electron chi connectivity index (χ3n) is 3.34. The van der Waals surface area contributed by atoms with E-state index in [0.717, 1.165) is 24.3 Å². The summed E-state index contributed by atoms with van der Waals surface area (Å²) in [6.45, 7) is 3.79. The summed E-state index contributed by atoms with van der Waals surface area (Å²) in [6.07, 6.45) is 2.69. The second-order valence-electron chi connectivity index (χ2n) is 4.20. The number of rotatable bonds is 1. The quantitative estimate of drug-likeness (QED) is 0.581. The Bertz CT molecular complexity index is 146. The van der Waals surface area contributed by atoms with E-state index in [4.69, 9.17) is 5.11 Å². The third-order valence-corrected chi connectivity index (χ3v) is 3.34. The third kappa shape index (κ3) is 1.18. The van der Waals surface area contributed by atoms with Crippen molar-refractivity contribution in [2.24, 2.45) is 17.8 Å². The Balaban J connectivity index is 2.01. The molecule has 1 aliphatic heterocycles. The van der Waals surface area contributed by atoms with Gasteiger partial charge in [-0.1, -0.05) is 6.92 Å². The molecule has 11 heavy (non-hydrogen) atoms. The van der Waals surface area contributed by atoms with Gasteiger partial charge in [0.25, 0.3) is 0 Å². The standard InChI is InChI=1S/C9H17NO/c1-6-2-7-4-10-9(5-11)8(7)3-6/h6-11H,2-5H2,1H3. The Morgan fingerprint density at radius 3 is 3.00 bits per heavy atom. The van der Waals surface area contributed by atoms with Crippen molar-refractivity contribution in [2.75, 3.05) is 13.2 Å². The van der Waals surface area contributed by atoms with Crippen LogP contribution in [0.5, 0.6) is 0 Å². The maximum absolute atomic E-state index is 9.04. The largest absolute Gasteiger partial charge is 0.395 e. The summed E-state index contributed by atoms with van der Waals surface area (Å²) >= 11 is 0. The summed E-state index contributed by atoms with van der Waals surface area (Å²) in [4.78, 5) is 0. The minimum Gasteiger partial charge on any atom is -0.395 e. The summed E-state index contributed by atoms with van der Waals surface area (Å²) < 4.78 is 0. The molecule has 2 rings (SSSR count). The molecule has 2 nitrogen and oxygen atoms in total. The number of nitrogens with one attached hydrogen (secondary N) is 1. The molecule has 1 saturated carbocycles. The van der Waals surface area contributed by atoms with E-state index in [1.807, 2.05) is 0 Å². The number of aliphatic hydroxyl groups is 1. The van der Waals surface area contributed by atoms with E-state index in [1.165, 1.54) is 12.8 Å². The molecule has 1 saturated heterocycles. The van der Waals surface area contributed by atoms with Gasteiger partial charge in [-0.05, 0) is 37.1 Å². The summed E-state index contributed by atoms with van der Waals surface area (Å²) in [5, 5.41) is 12.4. The average molecular weight is 155 g/mol. The first-order chi connectivity index (χ1) is 5.31. The molecule has 1 heterocycles. The summed E-state index contributed by atoms with van der Waals surface area (Å²) in [6, 6.07) is 0.407. The lowest BCUT2D eigenvalue weighted by Crippen LogP contribution is -2.30. The molecule has 1 aliphatic carbocycles. The number of aliphatic hydroxyl groups excluding tert-OH is 1. The topological polar surface area (TPSA) is 32.3 Å². The van der Waals surface area contributed by atoms with Crippen LogP contribution >= 0.6 is 0 Å². The summed E-state index contributed by atoms with van der Waals surface area (Å²) in [5.74, 6) is 2.53. The molecule has 0 radical (unpaired) electrons. The smallest absolute Gasteiger partial charge is 0.0587 e. The van der Waals surface area contributed by atoms with Gasteiger partial charge in [0.2, 0.25) is 0 Å². The van der Waals surface area contributed by atoms with Crippen LogP contribution in [0.15, 0.2) is 0 Å². The monoisotopic (exact) mass is 155 g/mol. The maximum Gasteiger partial charge on any atom is 0.0587 e. The normalized spacial score (nSPS) is 49.6. The van der Waals surface area contributed by atoms with E-state index in [0.29, 0.717) is 12.6 Å². The van der Waals surface area contributed by atoms with Crippen molar-refractivity contribution in [3.63, 3.8) is 0 Å². The van der Waals surface area contributed by atoms with Crippen molar-refractivity contribution in [1.29, 1.82) is 0 Å². The lowest BCUT2D eigenvalue weighted by atomic mass is 9.94. The van der Waals surface area contributed by atoms with Crippen LogP contribution in [0.3, 0.4) is 0 Å². The van der Waals surface area contributed by atoms with Gasteiger partial charge in [0.15, 0.2) is 0 Å². The van der Waals surface area contributed by atoms with Crippen molar-refractivity contribution < 1.29 is 5.11 Å². The van der Waals surface area contributed by atoms with E-state index in [1.54, 1.807) is 0 Å². The lowest BCUT2D eigenvalue weighted by Gasteiger charge is -2.15. The van der Waals surface area contributed by atoms with Crippen molar-refractivity contribution in [3.8, 4) is 0 Å². The molecule has 2 heteroatoms. The van der Waals surface area contributed by atoms with Crippen LogP contribution in [0.2, 0.25) is 0 Å². The van der Waals surface area contributed by atoms with Crippen LogP contribution in [0.25, 0.3) is 0 Å². The molecule has 4 unspecified atom stereocenters. The first-order valence-electron chi connectivity index (χ1n) is 4.65. The minimum absolute atomic E-state index is 0.327. The average Bonchev–Trinajstić information content (AvgIpc) is 2.45. The molecular weight excluding hydrogens is 138 g/mol. The second kappa shape index (κ2) is 2.76. The zero-order valence-corrected chi connectivity index (χ0v) is 7.09. The maximum atomic E-state index is 9.04. The number of hydrogen-bond donors (Lipinski definition) is 2. The molecule has 0 amide bonds. The van der Waals surface area contributed by atoms with Crippen molar-refractivity contribution in [3.05, 3.63) is 0 Å². The zero-order valence-electron chi connectivity index (χ0n) is 7.09. The molecular formula is C9H17NO. The second-order valence-corrected chi connectivity index (χ2v) is 4.20. The molecule has 0 aromatic rings. The summed E-state index contributed by atoms with van der Waals surface area (Å²) in [7, 11) is 0. The van der Waals surface area contributed by atoms with Gasteiger partial charge >= 0.3 is 0 Å². The first kappa shape index (κ1) is 7.56. The molecule has 0 aromatic heterocycles. The number of fused-ring (bicyclic) bond motifs is 1. The van der Waals surface area contributed by atoms with E-state index < -0.39 is 0 Å². The molecule has 2 N–H and O–H groups in total. The Kier molecular flexibility index (Phi) is 1.90. The van der Waals surface area contributed by atoms with Crippen LogP contribution < -0.4 is 5.32 Å². The fourth-order valence-corrected chi connectivity index (χ4v) is 2.83. The predicted octanol–water partition coefficient (Wildman–Crippen LogP) is 0.613. The fraction of sp³-hybridized carbons (Fsp3) is 1.00. The van der Waals surface area contributed by atoms with Gasteiger partial charge in [0.05, 0.1) is 6.61 Å². The van der Waals surface area contributed by atoms with Gasteiger partial charge in [-0.2, -0.15) is 0 Å². The van der Waals surface area contributed by atoms with Gasteiger partial charge in [-0.3, -0.25) is 0 Å². The van der Waals surface area contributed by atoms with Gasteiger partial charge in [-0.15, -0.1) is 0 Å². The first-order valence-corrected chi connectivity index (χ1v) is 4.65. The molecule has 2 aliphatic rings. The predicted molar refractivity (Wildman–Crippen MR) is 44.3 cm³/mol. The van der Waals surface area contributed by atoms with Gasteiger partial charge in [-0.25, -0.2) is 0 Å². The highest BCUT2D eigenvalue weighted by Gasteiger charge is 2.41. The van der Waals surface area contributed by atoms with Crippen LogP contribution in [0.1, 0.15) is 19.8 Å². The minimum atomic E-state index is 0.327. The van der Waals surface area contributed by atoms with Gasteiger partial charge in [0, 0.05) is 6.04 Å². The van der Waals surface area contributed by atoms with Gasteiger partial charge < -0.3 is 10.4 Å². The molecule has 0 bridgehead atoms. The van der Waals surface area contributed by atoms with Crippen molar-refractivity contribution >= 4 is 0 Å². The molecule has 2 fully saturated rings. The van der Waals surface area contributed by atoms with E-state index >= 15 is 0 Å². The van der Waals surface area contributed by atoms with E-state index in [2.05, 4.69) is 12.2 Å². The van der Waals surface area contributed by atoms with E-state index in [-0.39, 0.29) is 0 Å². The molecule has 0 aromatic carbocycles. The van der Waals surface area contributed by atoms with Crippen LogP contribution in [-0.4, -0.2) is 24.3 Å². The van der Waals surface area contributed by atoms with Crippen molar-refractivity contribution in [1.82, 2.24) is 5.32 Å². The highest BCUT2D eigenvalue weighted by Crippen LogP contribution is 2.40. The fourth-order valence-electron chi connectivity index (χ4n) is 2.83. The highest BCUT2D eigenvalue weighted by molar-refractivity contribution is 4.95. The van der Waals surface area contributed by atoms with Crippen LogP contribution in [0, 0.1) is 17.8 Å². The van der Waals surface area contributed by atoms with E-state index in [9.17, 15) is 0 Å². The lowest BCUT2D eigenvalue weighted by molar-refractivity contribution is 0.220. The molecule has 64 valence electrons. The highest BCUT2D eigenvalue weighted by atomic mass is 16.3. The Morgan fingerprint density at radius 2 is 2.27 bits per heavy atom. The molecule has 0 spiro atoms. The Morgan fingerprint density at radius 1 is 1.45 bits per heavy atom. The summed E-state index contributed by atoms with van der Waals surface area (Å²) in [5.41, 5.74) is 0. The molecule has 4 atom stereocenters. The Hall–Kier alpha value is -0.0800. The number of hydrogen-bond acceptors (Lipinski definition) is 2. The van der Waals surface area contributed by atoms with Crippen LogP contribution in [0.4, 0.5) is 0 Å². The van der Waals surface area contributed by atoms with Crippen LogP contribution in [-0.2, 0) is 0 Å². The van der Waals surface area contributed by atoms with Gasteiger partial charge in [0.1, 0.15) is 0 Å². The Labute approximate surface area is 68.0 Å².